The van der Waals surface area contributed by atoms with Crippen LogP contribution in [0.2, 0.25) is 10.0 Å². The molecule has 1 fully saturated rings. The second kappa shape index (κ2) is 13.9. The first kappa shape index (κ1) is 31.2. The van der Waals surface area contributed by atoms with Crippen LogP contribution < -0.4 is 9.62 Å². The molecule has 0 spiro atoms. The van der Waals surface area contributed by atoms with Gasteiger partial charge in [-0.2, -0.15) is 0 Å². The van der Waals surface area contributed by atoms with Crippen LogP contribution in [0, 0.1) is 13.8 Å². The number of hydrogen-bond donors (Lipinski definition) is 1. The number of rotatable bonds is 12. The topological polar surface area (TPSA) is 86.8 Å². The molecule has 1 aliphatic rings. The largest absolute Gasteiger partial charge is 0.352 e. The molecule has 0 heterocycles. The van der Waals surface area contributed by atoms with Crippen LogP contribution in [-0.4, -0.2) is 50.0 Å². The number of anilines is 1. The summed E-state index contributed by atoms with van der Waals surface area (Å²) in [5.41, 5.74) is 3.26. The summed E-state index contributed by atoms with van der Waals surface area (Å²) in [6.45, 7) is 6.07. The van der Waals surface area contributed by atoms with Gasteiger partial charge in [0.25, 0.3) is 0 Å². The van der Waals surface area contributed by atoms with E-state index in [1.165, 1.54) is 10.6 Å². The molecule has 7 nitrogen and oxygen atoms in total. The molecule has 0 aromatic heterocycles. The highest BCUT2D eigenvalue weighted by atomic mass is 35.5. The first-order chi connectivity index (χ1) is 18.4. The van der Waals surface area contributed by atoms with Crippen LogP contribution in [0.3, 0.4) is 0 Å². The second-order valence-electron chi connectivity index (χ2n) is 10.5. The van der Waals surface area contributed by atoms with Gasteiger partial charge < -0.3 is 10.2 Å². The van der Waals surface area contributed by atoms with Crippen LogP contribution in [0.4, 0.5) is 5.69 Å². The van der Waals surface area contributed by atoms with Crippen molar-refractivity contribution in [1.82, 2.24) is 10.2 Å². The van der Waals surface area contributed by atoms with Crippen LogP contribution in [-0.2, 0) is 26.2 Å². The highest BCUT2D eigenvalue weighted by Gasteiger charge is 2.31. The molecule has 0 bridgehead atoms. The smallest absolute Gasteiger partial charge is 0.243 e. The third-order valence-corrected chi connectivity index (χ3v) is 9.00. The van der Waals surface area contributed by atoms with Crippen molar-refractivity contribution in [3.8, 4) is 0 Å². The summed E-state index contributed by atoms with van der Waals surface area (Å²) < 4.78 is 26.6. The summed E-state index contributed by atoms with van der Waals surface area (Å²) in [5, 5.41) is 3.92. The Balaban J connectivity index is 1.79. The monoisotopic (exact) mass is 595 g/mol. The van der Waals surface area contributed by atoms with Gasteiger partial charge in [0.05, 0.1) is 22.0 Å². The van der Waals surface area contributed by atoms with Gasteiger partial charge in [-0.15, -0.1) is 0 Å². The van der Waals surface area contributed by atoms with E-state index in [-0.39, 0.29) is 37.4 Å². The van der Waals surface area contributed by atoms with E-state index in [2.05, 4.69) is 5.32 Å². The molecule has 2 amide bonds. The highest BCUT2D eigenvalue weighted by molar-refractivity contribution is 7.92. The van der Waals surface area contributed by atoms with Crippen LogP contribution in [0.1, 0.15) is 68.6 Å². The number of sulfonamides is 1. The summed E-state index contributed by atoms with van der Waals surface area (Å²) in [6, 6.07) is 10.3. The summed E-state index contributed by atoms with van der Waals surface area (Å²) in [5.74, 6) is -0.380. The molecule has 1 atom stereocenters. The fourth-order valence-corrected chi connectivity index (χ4v) is 6.49. The number of halogens is 2. The zero-order chi connectivity index (χ0) is 28.7. The lowest BCUT2D eigenvalue weighted by Crippen LogP contribution is -2.51. The Morgan fingerprint density at radius 2 is 1.67 bits per heavy atom. The minimum Gasteiger partial charge on any atom is -0.352 e. The maximum absolute atomic E-state index is 13.6. The average molecular weight is 597 g/mol. The van der Waals surface area contributed by atoms with E-state index in [0.717, 1.165) is 42.4 Å². The van der Waals surface area contributed by atoms with E-state index >= 15 is 0 Å². The number of nitrogens with one attached hydrogen (secondary N) is 1. The van der Waals surface area contributed by atoms with Gasteiger partial charge in [-0.1, -0.05) is 55.1 Å². The lowest BCUT2D eigenvalue weighted by molar-refractivity contribution is -0.141. The first-order valence-corrected chi connectivity index (χ1v) is 16.1. The number of benzene rings is 2. The SMILES string of the molecule is CC[C@@H](C(=O)NC1CCCC1)N(Cc1ccc(Cl)c(Cl)c1)C(=O)CCCN(c1cc(C)cc(C)c1)S(C)(=O)=O. The van der Waals surface area contributed by atoms with Crippen molar-refractivity contribution in [2.24, 2.45) is 0 Å². The minimum absolute atomic E-state index is 0.0886. The van der Waals surface area contributed by atoms with Gasteiger partial charge >= 0.3 is 0 Å². The maximum atomic E-state index is 13.6. The van der Waals surface area contributed by atoms with Gasteiger partial charge in [-0.3, -0.25) is 13.9 Å². The molecule has 1 aliphatic carbocycles. The molecule has 2 aromatic rings. The third-order valence-electron chi connectivity index (χ3n) is 7.07. The zero-order valence-electron chi connectivity index (χ0n) is 23.2. The normalized spacial score (nSPS) is 14.7. The maximum Gasteiger partial charge on any atom is 0.243 e. The van der Waals surface area contributed by atoms with Gasteiger partial charge in [0.2, 0.25) is 21.8 Å². The van der Waals surface area contributed by atoms with E-state index in [0.29, 0.717) is 28.6 Å². The third kappa shape index (κ3) is 8.85. The Kier molecular flexibility index (Phi) is 11.1. The summed E-state index contributed by atoms with van der Waals surface area (Å²) in [4.78, 5) is 28.5. The van der Waals surface area contributed by atoms with Crippen molar-refractivity contribution in [1.29, 1.82) is 0 Å². The van der Waals surface area contributed by atoms with Crippen molar-refractivity contribution in [3.63, 3.8) is 0 Å². The summed E-state index contributed by atoms with van der Waals surface area (Å²) >= 11 is 12.3. The van der Waals surface area contributed by atoms with Gasteiger partial charge in [0, 0.05) is 25.6 Å². The van der Waals surface area contributed by atoms with Crippen molar-refractivity contribution >= 4 is 50.7 Å². The Hall–Kier alpha value is -2.29. The Morgan fingerprint density at radius 1 is 1.03 bits per heavy atom. The predicted octanol–water partition coefficient (Wildman–Crippen LogP) is 6.02. The predicted molar refractivity (Wildman–Crippen MR) is 159 cm³/mol. The number of amides is 2. The lowest BCUT2D eigenvalue weighted by atomic mass is 10.1. The van der Waals surface area contributed by atoms with E-state index in [1.807, 2.05) is 39.0 Å². The van der Waals surface area contributed by atoms with E-state index in [1.54, 1.807) is 23.1 Å². The molecule has 0 saturated heterocycles. The molecule has 3 rings (SSSR count). The number of nitrogens with zero attached hydrogens (tertiary/aromatic N) is 2. The van der Waals surface area contributed by atoms with Gasteiger partial charge in [-0.05, 0) is 80.5 Å². The molecule has 214 valence electrons. The van der Waals surface area contributed by atoms with Crippen molar-refractivity contribution in [2.75, 3.05) is 17.1 Å². The first-order valence-electron chi connectivity index (χ1n) is 13.5. The van der Waals surface area contributed by atoms with Crippen molar-refractivity contribution < 1.29 is 18.0 Å². The fourth-order valence-electron chi connectivity index (χ4n) is 5.22. The van der Waals surface area contributed by atoms with Crippen molar-refractivity contribution in [2.45, 2.75) is 84.3 Å². The van der Waals surface area contributed by atoms with Crippen LogP contribution in [0.15, 0.2) is 36.4 Å². The number of aryl methyl sites for hydroxylation is 2. The second-order valence-corrected chi connectivity index (χ2v) is 13.2. The number of hydrogen-bond acceptors (Lipinski definition) is 4. The van der Waals surface area contributed by atoms with E-state index in [9.17, 15) is 18.0 Å². The fraction of sp³-hybridized carbons (Fsp3) is 0.517. The van der Waals surface area contributed by atoms with Crippen LogP contribution in [0.25, 0.3) is 0 Å². The average Bonchev–Trinajstić information content (AvgIpc) is 3.35. The molecule has 0 unspecified atom stereocenters. The Bertz CT molecular complexity index is 1260. The van der Waals surface area contributed by atoms with Gasteiger partial charge in [0.1, 0.15) is 6.04 Å². The molecule has 2 aromatic carbocycles. The molecule has 1 saturated carbocycles. The highest BCUT2D eigenvalue weighted by Crippen LogP contribution is 2.26. The number of carbonyl (C=O) groups is 2. The van der Waals surface area contributed by atoms with Crippen molar-refractivity contribution in [3.05, 3.63) is 63.1 Å². The summed E-state index contributed by atoms with van der Waals surface area (Å²) in [6.07, 6.45) is 6.08. The van der Waals surface area contributed by atoms with E-state index < -0.39 is 16.1 Å². The molecule has 0 radical (unpaired) electrons. The molecular weight excluding hydrogens is 557 g/mol. The zero-order valence-corrected chi connectivity index (χ0v) is 25.5. The minimum atomic E-state index is -3.56. The standard InChI is InChI=1S/C29H39Cl2N3O4S/c1-5-27(29(36)32-23-9-6-7-10-23)33(19-22-12-13-25(30)26(31)18-22)28(35)11-8-14-34(39(4,37)38)24-16-20(2)15-21(3)17-24/h12-13,15-18,23,27H,5-11,14,19H2,1-4H3,(H,32,36)/t27-/m0/s1. The van der Waals surface area contributed by atoms with E-state index in [4.69, 9.17) is 23.2 Å². The quantitative estimate of drug-likeness (QED) is 0.325. The van der Waals surface area contributed by atoms with Gasteiger partial charge in [0.15, 0.2) is 0 Å². The Morgan fingerprint density at radius 3 is 2.23 bits per heavy atom. The molecule has 39 heavy (non-hydrogen) atoms. The Labute approximate surface area is 242 Å². The molecule has 0 aliphatic heterocycles. The van der Waals surface area contributed by atoms with Crippen LogP contribution >= 0.6 is 23.2 Å². The van der Waals surface area contributed by atoms with Gasteiger partial charge in [-0.25, -0.2) is 8.42 Å². The molecule has 10 heteroatoms. The lowest BCUT2D eigenvalue weighted by Gasteiger charge is -2.32. The number of carbonyl (C=O) groups excluding carboxylic acids is 2. The molecular formula is C29H39Cl2N3O4S. The van der Waals surface area contributed by atoms with Crippen LogP contribution in [0.5, 0.6) is 0 Å². The summed E-state index contributed by atoms with van der Waals surface area (Å²) in [7, 11) is -3.56. The molecule has 1 N–H and O–H groups in total.